The molecule has 3 rings (SSSR count). The van der Waals surface area contributed by atoms with E-state index in [4.69, 9.17) is 16.3 Å². The summed E-state index contributed by atoms with van der Waals surface area (Å²) in [5.74, 6) is 0.294. The molecule has 0 unspecified atom stereocenters. The minimum atomic E-state index is -0.412. The number of ether oxygens (including phenoxy) is 1. The number of benzene rings is 2. The molecule has 0 aliphatic rings. The molecule has 132 valence electrons. The topological polar surface area (TPSA) is 73.2 Å². The summed E-state index contributed by atoms with van der Waals surface area (Å²) in [4.78, 5) is 24.2. The molecule has 6 nitrogen and oxygen atoms in total. The van der Waals surface area contributed by atoms with Crippen molar-refractivity contribution >= 4 is 23.2 Å². The summed E-state index contributed by atoms with van der Waals surface area (Å²) in [5, 5.41) is 7.39. The van der Waals surface area contributed by atoms with E-state index in [1.54, 1.807) is 24.3 Å². The zero-order valence-corrected chi connectivity index (χ0v) is 14.5. The number of rotatable bonds is 6. The van der Waals surface area contributed by atoms with E-state index in [1.807, 2.05) is 30.3 Å². The lowest BCUT2D eigenvalue weighted by Crippen LogP contribution is -2.28. The number of amides is 1. The van der Waals surface area contributed by atoms with E-state index in [9.17, 15) is 9.59 Å². The number of aromatic nitrogens is 2. The van der Waals surface area contributed by atoms with Gasteiger partial charge in [0.1, 0.15) is 18.1 Å². The van der Waals surface area contributed by atoms with Crippen LogP contribution in [0.2, 0.25) is 5.02 Å². The van der Waals surface area contributed by atoms with Crippen LogP contribution in [0.1, 0.15) is 10.5 Å². The standard InChI is InChI=1S/C19H16ClN3O3/c20-14-6-8-15(9-7-14)21-19(25)17-10-11-18(24)23(22-17)12-13-26-16-4-2-1-3-5-16/h1-11H,12-13H2,(H,21,25). The second-order valence-electron chi connectivity index (χ2n) is 5.40. The van der Waals surface area contributed by atoms with E-state index in [1.165, 1.54) is 16.8 Å². The smallest absolute Gasteiger partial charge is 0.276 e. The summed E-state index contributed by atoms with van der Waals surface area (Å²) in [6.45, 7) is 0.495. The van der Waals surface area contributed by atoms with Gasteiger partial charge in [-0.05, 0) is 42.5 Å². The molecule has 0 atom stereocenters. The van der Waals surface area contributed by atoms with Crippen LogP contribution in [0.4, 0.5) is 5.69 Å². The maximum Gasteiger partial charge on any atom is 0.276 e. The maximum atomic E-state index is 12.3. The van der Waals surface area contributed by atoms with Crippen molar-refractivity contribution in [1.82, 2.24) is 9.78 Å². The van der Waals surface area contributed by atoms with Crippen molar-refractivity contribution in [2.45, 2.75) is 6.54 Å². The highest BCUT2D eigenvalue weighted by atomic mass is 35.5. The van der Waals surface area contributed by atoms with Crippen LogP contribution in [0.5, 0.6) is 5.75 Å². The molecule has 1 aromatic heterocycles. The molecule has 1 N–H and O–H groups in total. The van der Waals surface area contributed by atoms with Crippen LogP contribution < -0.4 is 15.6 Å². The van der Waals surface area contributed by atoms with Crippen LogP contribution in [0.15, 0.2) is 71.5 Å². The molecular formula is C19H16ClN3O3. The maximum absolute atomic E-state index is 12.3. The van der Waals surface area contributed by atoms with Gasteiger partial charge in [-0.25, -0.2) is 4.68 Å². The number of anilines is 1. The Hall–Kier alpha value is -3.12. The van der Waals surface area contributed by atoms with E-state index in [0.717, 1.165) is 0 Å². The second kappa shape index (κ2) is 8.31. The van der Waals surface area contributed by atoms with Gasteiger partial charge in [0, 0.05) is 16.8 Å². The molecule has 0 fully saturated rings. The number of carbonyl (C=O) groups excluding carboxylic acids is 1. The number of nitrogens with one attached hydrogen (secondary N) is 1. The predicted molar refractivity (Wildman–Crippen MR) is 99.8 cm³/mol. The molecule has 0 spiro atoms. The lowest BCUT2D eigenvalue weighted by atomic mass is 10.3. The van der Waals surface area contributed by atoms with Gasteiger partial charge in [0.15, 0.2) is 0 Å². The van der Waals surface area contributed by atoms with Gasteiger partial charge >= 0.3 is 0 Å². The van der Waals surface area contributed by atoms with Crippen molar-refractivity contribution in [3.8, 4) is 5.75 Å². The fraction of sp³-hybridized carbons (Fsp3) is 0.105. The first-order chi connectivity index (χ1) is 12.6. The third-order valence-corrected chi connectivity index (χ3v) is 3.77. The number of carbonyl (C=O) groups is 1. The van der Waals surface area contributed by atoms with E-state index < -0.39 is 5.91 Å². The first-order valence-corrected chi connectivity index (χ1v) is 8.32. The summed E-state index contributed by atoms with van der Waals surface area (Å²) in [5.41, 5.74) is 0.426. The van der Waals surface area contributed by atoms with Gasteiger partial charge < -0.3 is 10.1 Å². The Balaban J connectivity index is 1.65. The minimum Gasteiger partial charge on any atom is -0.492 e. The Labute approximate surface area is 155 Å². The lowest BCUT2D eigenvalue weighted by molar-refractivity contribution is 0.101. The van der Waals surface area contributed by atoms with Gasteiger partial charge in [0.05, 0.1) is 6.54 Å². The number of hydrogen-bond donors (Lipinski definition) is 1. The van der Waals surface area contributed by atoms with Crippen LogP contribution in [-0.4, -0.2) is 22.3 Å². The summed E-state index contributed by atoms with van der Waals surface area (Å²) in [6.07, 6.45) is 0. The Bertz CT molecular complexity index is 940. The molecule has 1 amide bonds. The highest BCUT2D eigenvalue weighted by Crippen LogP contribution is 2.14. The Morgan fingerprint density at radius 3 is 2.50 bits per heavy atom. The van der Waals surface area contributed by atoms with Crippen LogP contribution in [0.25, 0.3) is 0 Å². The highest BCUT2D eigenvalue weighted by molar-refractivity contribution is 6.30. The third-order valence-electron chi connectivity index (χ3n) is 3.52. The van der Waals surface area contributed by atoms with Crippen molar-refractivity contribution in [2.24, 2.45) is 0 Å². The molecule has 26 heavy (non-hydrogen) atoms. The van der Waals surface area contributed by atoms with E-state index in [2.05, 4.69) is 10.4 Å². The summed E-state index contributed by atoms with van der Waals surface area (Å²) in [7, 11) is 0. The second-order valence-corrected chi connectivity index (χ2v) is 5.84. The van der Waals surface area contributed by atoms with Gasteiger partial charge in [-0.3, -0.25) is 9.59 Å². The molecule has 0 bridgehead atoms. The number of halogens is 1. The molecule has 0 aliphatic heterocycles. The van der Waals surface area contributed by atoms with Crippen molar-refractivity contribution in [3.63, 3.8) is 0 Å². The van der Waals surface area contributed by atoms with Crippen LogP contribution in [0.3, 0.4) is 0 Å². The van der Waals surface area contributed by atoms with Gasteiger partial charge in [-0.15, -0.1) is 0 Å². The molecule has 1 heterocycles. The van der Waals surface area contributed by atoms with Crippen LogP contribution >= 0.6 is 11.6 Å². The summed E-state index contributed by atoms with van der Waals surface area (Å²) in [6, 6.07) is 18.7. The zero-order chi connectivity index (χ0) is 18.4. The molecule has 7 heteroatoms. The van der Waals surface area contributed by atoms with Crippen LogP contribution in [-0.2, 0) is 6.54 Å². The predicted octanol–water partition coefficient (Wildman–Crippen LogP) is 3.23. The molecule has 0 saturated carbocycles. The molecular weight excluding hydrogens is 354 g/mol. The minimum absolute atomic E-state index is 0.138. The van der Waals surface area contributed by atoms with Crippen molar-refractivity contribution in [2.75, 3.05) is 11.9 Å². The van der Waals surface area contributed by atoms with Gasteiger partial charge in [0.25, 0.3) is 11.5 Å². The number of para-hydroxylation sites is 1. The normalized spacial score (nSPS) is 10.3. The van der Waals surface area contributed by atoms with Crippen molar-refractivity contribution in [3.05, 3.63) is 87.8 Å². The summed E-state index contributed by atoms with van der Waals surface area (Å²) < 4.78 is 6.77. The van der Waals surface area contributed by atoms with E-state index in [0.29, 0.717) is 16.5 Å². The Kier molecular flexibility index (Phi) is 5.66. The average Bonchev–Trinajstić information content (AvgIpc) is 2.66. The number of hydrogen-bond acceptors (Lipinski definition) is 4. The largest absolute Gasteiger partial charge is 0.492 e. The molecule has 0 saturated heterocycles. The lowest BCUT2D eigenvalue weighted by Gasteiger charge is -2.09. The van der Waals surface area contributed by atoms with Gasteiger partial charge in [-0.1, -0.05) is 29.8 Å². The van der Waals surface area contributed by atoms with Crippen molar-refractivity contribution in [1.29, 1.82) is 0 Å². The Morgan fingerprint density at radius 2 is 1.77 bits per heavy atom. The molecule has 2 aromatic carbocycles. The van der Waals surface area contributed by atoms with Crippen LogP contribution in [0, 0.1) is 0 Å². The third kappa shape index (κ3) is 4.70. The zero-order valence-electron chi connectivity index (χ0n) is 13.8. The first-order valence-electron chi connectivity index (χ1n) is 7.95. The summed E-state index contributed by atoms with van der Waals surface area (Å²) >= 11 is 5.82. The average molecular weight is 370 g/mol. The molecule has 3 aromatic rings. The SMILES string of the molecule is O=C(Nc1ccc(Cl)cc1)c1ccc(=O)n(CCOc2ccccc2)n1. The fourth-order valence-corrected chi connectivity index (χ4v) is 2.35. The quantitative estimate of drug-likeness (QED) is 0.724. The molecule has 0 aliphatic carbocycles. The van der Waals surface area contributed by atoms with Crippen molar-refractivity contribution < 1.29 is 9.53 Å². The van der Waals surface area contributed by atoms with Gasteiger partial charge in [-0.2, -0.15) is 5.10 Å². The first kappa shape index (κ1) is 17.7. The van der Waals surface area contributed by atoms with E-state index >= 15 is 0 Å². The monoisotopic (exact) mass is 369 g/mol. The fourth-order valence-electron chi connectivity index (χ4n) is 2.23. The Morgan fingerprint density at radius 1 is 1.04 bits per heavy atom. The van der Waals surface area contributed by atoms with E-state index in [-0.39, 0.29) is 24.4 Å². The molecule has 0 radical (unpaired) electrons. The highest BCUT2D eigenvalue weighted by Gasteiger charge is 2.10. The number of nitrogens with zero attached hydrogens (tertiary/aromatic N) is 2. The van der Waals surface area contributed by atoms with Gasteiger partial charge in [0.2, 0.25) is 0 Å².